The lowest BCUT2D eigenvalue weighted by Gasteiger charge is -2.33. The van der Waals surface area contributed by atoms with E-state index in [1.165, 1.54) is 22.3 Å². The monoisotopic (exact) mass is 531 g/mol. The number of hydrogen-bond donors (Lipinski definition) is 0. The van der Waals surface area contributed by atoms with Gasteiger partial charge in [-0.1, -0.05) is 48.5 Å². The molecule has 0 spiro atoms. The van der Waals surface area contributed by atoms with Crippen LogP contribution in [0.1, 0.15) is 18.1 Å². The zero-order chi connectivity index (χ0) is 27.1. The maximum atomic E-state index is 5.83. The first-order chi connectivity index (χ1) is 19.6. The summed E-state index contributed by atoms with van der Waals surface area (Å²) < 4.78 is 19.3. The highest BCUT2D eigenvalue weighted by molar-refractivity contribution is 5.80. The summed E-state index contributed by atoms with van der Waals surface area (Å²) in [5.74, 6) is 1.62. The van der Waals surface area contributed by atoms with Crippen LogP contribution in [0.25, 0.3) is 39.2 Å². The Hall–Kier alpha value is -4.13. The van der Waals surface area contributed by atoms with Gasteiger partial charge >= 0.3 is 0 Å². The summed E-state index contributed by atoms with van der Waals surface area (Å²) in [6.07, 6.45) is 4.10. The van der Waals surface area contributed by atoms with E-state index in [-0.39, 0.29) is 0 Å². The molecule has 3 aromatic carbocycles. The summed E-state index contributed by atoms with van der Waals surface area (Å²) in [4.78, 5) is 7.26. The van der Waals surface area contributed by atoms with Gasteiger partial charge in [-0.25, -0.2) is 4.98 Å². The van der Waals surface area contributed by atoms with Crippen LogP contribution in [-0.2, 0) is 11.3 Å². The summed E-state index contributed by atoms with van der Waals surface area (Å²) in [5.41, 5.74) is 10.4. The number of imidazole rings is 1. The first-order valence-electron chi connectivity index (χ1n) is 14.0. The van der Waals surface area contributed by atoms with Gasteiger partial charge in [0.1, 0.15) is 18.9 Å². The first kappa shape index (κ1) is 24.9. The maximum absolute atomic E-state index is 5.83. The van der Waals surface area contributed by atoms with E-state index in [4.69, 9.17) is 19.2 Å². The van der Waals surface area contributed by atoms with E-state index < -0.39 is 0 Å². The summed E-state index contributed by atoms with van der Waals surface area (Å²) in [6, 6.07) is 26.4. The summed E-state index contributed by atoms with van der Waals surface area (Å²) in [7, 11) is 0. The normalized spacial score (nSPS) is 17.3. The van der Waals surface area contributed by atoms with E-state index in [0.29, 0.717) is 19.3 Å². The van der Waals surface area contributed by atoms with Crippen LogP contribution < -0.4 is 9.47 Å². The summed E-state index contributed by atoms with van der Waals surface area (Å²) in [5, 5.41) is 0. The number of ether oxygens (including phenoxy) is 3. The average molecular weight is 532 g/mol. The van der Waals surface area contributed by atoms with Gasteiger partial charge in [0.2, 0.25) is 0 Å². The Labute approximate surface area is 234 Å². The molecule has 0 bridgehead atoms. The van der Waals surface area contributed by atoms with Crippen LogP contribution in [0.2, 0.25) is 0 Å². The molecule has 2 aliphatic rings. The molecule has 2 aromatic heterocycles. The first-order valence-corrected chi connectivity index (χ1v) is 14.0. The van der Waals surface area contributed by atoms with Gasteiger partial charge in [-0.2, -0.15) is 0 Å². The molecule has 5 aromatic rings. The van der Waals surface area contributed by atoms with Gasteiger partial charge in [-0.05, 0) is 71.5 Å². The molecule has 7 rings (SSSR count). The fourth-order valence-electron chi connectivity index (χ4n) is 5.85. The third-order valence-corrected chi connectivity index (χ3v) is 8.15. The van der Waals surface area contributed by atoms with Crippen molar-refractivity contribution in [3.05, 3.63) is 96.3 Å². The summed E-state index contributed by atoms with van der Waals surface area (Å²) in [6.45, 7) is 9.15. The zero-order valence-electron chi connectivity index (χ0n) is 23.0. The van der Waals surface area contributed by atoms with Crippen molar-refractivity contribution in [2.45, 2.75) is 26.4 Å². The average Bonchev–Trinajstić information content (AvgIpc) is 3.42. The molecule has 4 heterocycles. The maximum Gasteiger partial charge on any atom is 0.161 e. The predicted octanol–water partition coefficient (Wildman–Crippen LogP) is 6.64. The van der Waals surface area contributed by atoms with Crippen LogP contribution in [0, 0.1) is 6.92 Å². The molecule has 6 heteroatoms. The van der Waals surface area contributed by atoms with Crippen molar-refractivity contribution in [2.75, 3.05) is 33.0 Å². The molecule has 6 nitrogen and oxygen atoms in total. The largest absolute Gasteiger partial charge is 0.486 e. The lowest BCUT2D eigenvalue weighted by atomic mass is 9.93. The second kappa shape index (κ2) is 10.5. The van der Waals surface area contributed by atoms with E-state index >= 15 is 0 Å². The minimum atomic E-state index is 0.451. The molecule has 0 aliphatic carbocycles. The van der Waals surface area contributed by atoms with Crippen molar-refractivity contribution in [3.63, 3.8) is 0 Å². The molecule has 1 saturated heterocycles. The van der Waals surface area contributed by atoms with Crippen molar-refractivity contribution >= 4 is 5.65 Å². The van der Waals surface area contributed by atoms with Gasteiger partial charge in [0.15, 0.2) is 11.5 Å². The topological polar surface area (TPSA) is 48.2 Å². The van der Waals surface area contributed by atoms with Gasteiger partial charge in [-0.3, -0.25) is 9.30 Å². The third kappa shape index (κ3) is 4.63. The fraction of sp³-hybridized carbons (Fsp3) is 0.265. The SMILES string of the molecule is Cc1c(-c2ccc3c(c2)OCCO3)cccc1-c1ccn2c(-c3ccc(CN4CCOCC4C)cc3)cnc2c1. The Morgan fingerprint density at radius 3 is 2.38 bits per heavy atom. The summed E-state index contributed by atoms with van der Waals surface area (Å²) >= 11 is 0. The molecular weight excluding hydrogens is 498 g/mol. The molecule has 0 amide bonds. The molecule has 0 radical (unpaired) electrons. The van der Waals surface area contributed by atoms with Crippen molar-refractivity contribution in [1.82, 2.24) is 14.3 Å². The van der Waals surface area contributed by atoms with Crippen molar-refractivity contribution in [3.8, 4) is 45.0 Å². The van der Waals surface area contributed by atoms with Crippen LogP contribution in [-0.4, -0.2) is 53.3 Å². The smallest absolute Gasteiger partial charge is 0.161 e. The minimum absolute atomic E-state index is 0.451. The number of hydrogen-bond acceptors (Lipinski definition) is 5. The van der Waals surface area contributed by atoms with E-state index in [2.05, 4.69) is 96.1 Å². The third-order valence-electron chi connectivity index (χ3n) is 8.15. The molecular formula is C34H33N3O3. The quantitative estimate of drug-likeness (QED) is 0.255. The lowest BCUT2D eigenvalue weighted by molar-refractivity contribution is -0.00436. The second-order valence-electron chi connectivity index (χ2n) is 10.7. The number of morpholine rings is 1. The molecule has 1 fully saturated rings. The number of benzene rings is 3. The Bertz CT molecular complexity index is 1670. The molecule has 202 valence electrons. The molecule has 0 N–H and O–H groups in total. The van der Waals surface area contributed by atoms with Gasteiger partial charge in [0, 0.05) is 30.9 Å². The van der Waals surface area contributed by atoms with Crippen LogP contribution in [0.5, 0.6) is 11.5 Å². The van der Waals surface area contributed by atoms with E-state index in [0.717, 1.165) is 65.8 Å². The highest BCUT2D eigenvalue weighted by atomic mass is 16.6. The standard InChI is InChI=1S/C34H33N3O3/c1-23-22-38-15-14-36(23)21-25-6-8-26(9-7-25)31-20-35-34-19-28(12-13-37(31)34)30-5-3-4-29(24(30)2)27-10-11-32-33(18-27)40-17-16-39-32/h3-13,18-20,23H,14-17,21-22H2,1-2H3. The van der Waals surface area contributed by atoms with E-state index in [1.54, 1.807) is 0 Å². The van der Waals surface area contributed by atoms with Crippen molar-refractivity contribution in [1.29, 1.82) is 0 Å². The van der Waals surface area contributed by atoms with Gasteiger partial charge in [0.05, 0.1) is 25.1 Å². The Kier molecular flexibility index (Phi) is 6.50. The van der Waals surface area contributed by atoms with Gasteiger partial charge in [0.25, 0.3) is 0 Å². The van der Waals surface area contributed by atoms with Crippen LogP contribution in [0.3, 0.4) is 0 Å². The fourth-order valence-corrected chi connectivity index (χ4v) is 5.85. The van der Waals surface area contributed by atoms with Crippen molar-refractivity contribution in [2.24, 2.45) is 0 Å². The molecule has 2 aliphatic heterocycles. The molecule has 40 heavy (non-hydrogen) atoms. The highest BCUT2D eigenvalue weighted by Crippen LogP contribution is 2.38. The lowest BCUT2D eigenvalue weighted by Crippen LogP contribution is -2.42. The van der Waals surface area contributed by atoms with Gasteiger partial charge in [-0.15, -0.1) is 0 Å². The Morgan fingerprint density at radius 2 is 1.57 bits per heavy atom. The number of rotatable bonds is 5. The Morgan fingerprint density at radius 1 is 0.825 bits per heavy atom. The predicted molar refractivity (Wildman–Crippen MR) is 158 cm³/mol. The molecule has 0 saturated carbocycles. The number of pyridine rings is 1. The van der Waals surface area contributed by atoms with Crippen LogP contribution >= 0.6 is 0 Å². The number of aromatic nitrogens is 2. The number of nitrogens with zero attached hydrogens (tertiary/aromatic N) is 3. The van der Waals surface area contributed by atoms with Crippen molar-refractivity contribution < 1.29 is 14.2 Å². The van der Waals surface area contributed by atoms with E-state index in [9.17, 15) is 0 Å². The van der Waals surface area contributed by atoms with Gasteiger partial charge < -0.3 is 14.2 Å². The molecule has 1 unspecified atom stereocenters. The van der Waals surface area contributed by atoms with Crippen LogP contribution in [0.4, 0.5) is 0 Å². The zero-order valence-corrected chi connectivity index (χ0v) is 23.0. The second-order valence-corrected chi connectivity index (χ2v) is 10.7. The highest BCUT2D eigenvalue weighted by Gasteiger charge is 2.19. The Balaban J connectivity index is 1.16. The minimum Gasteiger partial charge on any atom is -0.486 e. The van der Waals surface area contributed by atoms with E-state index in [1.807, 2.05) is 12.3 Å². The molecule has 1 atom stereocenters. The van der Waals surface area contributed by atoms with Crippen LogP contribution in [0.15, 0.2) is 85.2 Å². The number of fused-ring (bicyclic) bond motifs is 2.